The standard InChI is InChI=1S/C8H7NO5/c1-4-2-7(10)5(8(11)12)3-6(4)9(13)14/h2-3,10H,1H3,(H,11,12). The van der Waals surface area contributed by atoms with Gasteiger partial charge in [0.15, 0.2) is 0 Å². The number of benzene rings is 1. The van der Waals surface area contributed by atoms with Gasteiger partial charge in [0, 0.05) is 11.6 Å². The third kappa shape index (κ3) is 1.63. The molecule has 0 heterocycles. The molecule has 0 bridgehead atoms. The van der Waals surface area contributed by atoms with Crippen molar-refractivity contribution in [2.24, 2.45) is 0 Å². The highest BCUT2D eigenvalue weighted by Crippen LogP contribution is 2.27. The minimum atomic E-state index is -1.40. The number of carbonyl (C=O) groups is 1. The first kappa shape index (κ1) is 9.97. The number of aromatic hydroxyl groups is 1. The van der Waals surface area contributed by atoms with Crippen LogP contribution in [0.3, 0.4) is 0 Å². The third-order valence-electron chi connectivity index (χ3n) is 1.74. The van der Waals surface area contributed by atoms with Crippen LogP contribution in [0.2, 0.25) is 0 Å². The van der Waals surface area contributed by atoms with Crippen LogP contribution >= 0.6 is 0 Å². The molecule has 0 fully saturated rings. The number of hydrogen-bond donors (Lipinski definition) is 2. The number of hydrogen-bond acceptors (Lipinski definition) is 4. The van der Waals surface area contributed by atoms with Crippen LogP contribution in [0.4, 0.5) is 5.69 Å². The Morgan fingerprint density at radius 3 is 2.50 bits per heavy atom. The summed E-state index contributed by atoms with van der Waals surface area (Å²) in [5, 5.41) is 28.2. The van der Waals surface area contributed by atoms with Crippen molar-refractivity contribution >= 4 is 11.7 Å². The first-order valence-electron chi connectivity index (χ1n) is 3.64. The van der Waals surface area contributed by atoms with Crippen LogP contribution in [0.15, 0.2) is 12.1 Å². The summed E-state index contributed by atoms with van der Waals surface area (Å²) in [6.45, 7) is 1.42. The lowest BCUT2D eigenvalue weighted by molar-refractivity contribution is -0.385. The van der Waals surface area contributed by atoms with E-state index in [9.17, 15) is 14.9 Å². The molecule has 1 rings (SSSR count). The number of nitro benzene ring substituents is 1. The predicted molar refractivity (Wildman–Crippen MR) is 46.5 cm³/mol. The molecule has 74 valence electrons. The molecule has 6 heteroatoms. The molecule has 14 heavy (non-hydrogen) atoms. The van der Waals surface area contributed by atoms with Crippen LogP contribution in [0, 0.1) is 17.0 Å². The summed E-state index contributed by atoms with van der Waals surface area (Å²) in [6, 6.07) is 1.90. The van der Waals surface area contributed by atoms with Crippen molar-refractivity contribution in [2.75, 3.05) is 0 Å². The molecule has 0 saturated heterocycles. The second-order valence-corrected chi connectivity index (χ2v) is 2.72. The summed E-state index contributed by atoms with van der Waals surface area (Å²) in [5.74, 6) is -1.87. The number of carboxylic acids is 1. The number of aromatic carboxylic acids is 1. The Bertz CT molecular complexity index is 377. The van der Waals surface area contributed by atoms with E-state index < -0.39 is 22.2 Å². The number of rotatable bonds is 2. The molecule has 0 saturated carbocycles. The topological polar surface area (TPSA) is 101 Å². The molecule has 0 unspecified atom stereocenters. The van der Waals surface area contributed by atoms with Crippen molar-refractivity contribution in [1.82, 2.24) is 0 Å². The number of nitrogens with zero attached hydrogens (tertiary/aromatic N) is 1. The summed E-state index contributed by atoms with van der Waals surface area (Å²) in [4.78, 5) is 20.3. The van der Waals surface area contributed by atoms with Crippen molar-refractivity contribution in [3.05, 3.63) is 33.4 Å². The monoisotopic (exact) mass is 197 g/mol. The van der Waals surface area contributed by atoms with Crippen molar-refractivity contribution in [3.63, 3.8) is 0 Å². The molecule has 0 aromatic heterocycles. The van der Waals surface area contributed by atoms with E-state index in [2.05, 4.69) is 0 Å². The average Bonchev–Trinajstić information content (AvgIpc) is 2.02. The highest BCUT2D eigenvalue weighted by molar-refractivity contribution is 5.91. The molecule has 0 aliphatic heterocycles. The zero-order chi connectivity index (χ0) is 10.9. The molecule has 0 amide bonds. The normalized spacial score (nSPS) is 9.79. The molecule has 0 aliphatic carbocycles. The summed E-state index contributed by atoms with van der Waals surface area (Å²) in [7, 11) is 0. The second kappa shape index (κ2) is 3.33. The van der Waals surface area contributed by atoms with Crippen molar-refractivity contribution in [1.29, 1.82) is 0 Å². The fourth-order valence-electron chi connectivity index (χ4n) is 1.05. The van der Waals surface area contributed by atoms with Gasteiger partial charge in [-0.3, -0.25) is 10.1 Å². The smallest absolute Gasteiger partial charge is 0.339 e. The molecule has 1 aromatic carbocycles. The van der Waals surface area contributed by atoms with Crippen LogP contribution in [0.1, 0.15) is 15.9 Å². The summed E-state index contributed by atoms with van der Waals surface area (Å²) in [5.41, 5.74) is -0.569. The molecule has 0 spiro atoms. The van der Waals surface area contributed by atoms with Gasteiger partial charge in [-0.1, -0.05) is 0 Å². The van der Waals surface area contributed by atoms with Crippen LogP contribution in [0.5, 0.6) is 5.75 Å². The van der Waals surface area contributed by atoms with Crippen LogP contribution < -0.4 is 0 Å². The molecular weight excluding hydrogens is 190 g/mol. The Hall–Kier alpha value is -2.11. The van der Waals surface area contributed by atoms with Crippen molar-refractivity contribution < 1.29 is 19.9 Å². The van der Waals surface area contributed by atoms with E-state index in [1.165, 1.54) is 6.92 Å². The Morgan fingerprint density at radius 1 is 1.50 bits per heavy atom. The number of carboxylic acid groups (broad SMARTS) is 1. The highest BCUT2D eigenvalue weighted by Gasteiger charge is 2.18. The van der Waals surface area contributed by atoms with Gasteiger partial charge in [-0.05, 0) is 13.0 Å². The largest absolute Gasteiger partial charge is 0.507 e. The minimum Gasteiger partial charge on any atom is -0.507 e. The maximum atomic E-state index is 10.5. The highest BCUT2D eigenvalue weighted by atomic mass is 16.6. The Kier molecular flexibility index (Phi) is 2.37. The van der Waals surface area contributed by atoms with E-state index in [1.54, 1.807) is 0 Å². The van der Waals surface area contributed by atoms with Crippen molar-refractivity contribution in [2.45, 2.75) is 6.92 Å². The third-order valence-corrected chi connectivity index (χ3v) is 1.74. The van der Waals surface area contributed by atoms with Gasteiger partial charge in [0.2, 0.25) is 0 Å². The first-order valence-corrected chi connectivity index (χ1v) is 3.64. The van der Waals surface area contributed by atoms with Gasteiger partial charge in [-0.2, -0.15) is 0 Å². The van der Waals surface area contributed by atoms with E-state index in [0.717, 1.165) is 12.1 Å². The molecule has 0 atom stereocenters. The van der Waals surface area contributed by atoms with Gasteiger partial charge in [-0.15, -0.1) is 0 Å². The van der Waals surface area contributed by atoms with Crippen molar-refractivity contribution in [3.8, 4) is 5.75 Å². The zero-order valence-electron chi connectivity index (χ0n) is 7.22. The molecule has 0 radical (unpaired) electrons. The van der Waals surface area contributed by atoms with Crippen LogP contribution in [-0.4, -0.2) is 21.1 Å². The molecule has 2 N–H and O–H groups in total. The summed E-state index contributed by atoms with van der Waals surface area (Å²) in [6.07, 6.45) is 0. The predicted octanol–water partition coefficient (Wildman–Crippen LogP) is 1.31. The number of aryl methyl sites for hydroxylation is 1. The quantitative estimate of drug-likeness (QED) is 0.549. The lowest BCUT2D eigenvalue weighted by Crippen LogP contribution is -2.00. The zero-order valence-corrected chi connectivity index (χ0v) is 7.22. The number of nitro groups is 1. The second-order valence-electron chi connectivity index (χ2n) is 2.72. The average molecular weight is 197 g/mol. The SMILES string of the molecule is Cc1cc(O)c(C(=O)O)cc1[N+](=O)[O-]. The van der Waals surface area contributed by atoms with E-state index >= 15 is 0 Å². The van der Waals surface area contributed by atoms with E-state index in [0.29, 0.717) is 0 Å². The fourth-order valence-corrected chi connectivity index (χ4v) is 1.05. The Morgan fingerprint density at radius 2 is 2.07 bits per heavy atom. The lowest BCUT2D eigenvalue weighted by Gasteiger charge is -2.01. The lowest BCUT2D eigenvalue weighted by atomic mass is 10.1. The summed E-state index contributed by atoms with van der Waals surface area (Å²) >= 11 is 0. The molecular formula is C8H7NO5. The van der Waals surface area contributed by atoms with Gasteiger partial charge in [0.25, 0.3) is 5.69 Å². The molecule has 0 aliphatic rings. The van der Waals surface area contributed by atoms with E-state index in [-0.39, 0.29) is 11.3 Å². The van der Waals surface area contributed by atoms with Gasteiger partial charge in [-0.25, -0.2) is 4.79 Å². The van der Waals surface area contributed by atoms with Gasteiger partial charge >= 0.3 is 5.97 Å². The number of phenols is 1. The minimum absolute atomic E-state index is 0.220. The summed E-state index contributed by atoms with van der Waals surface area (Å²) < 4.78 is 0. The van der Waals surface area contributed by atoms with E-state index in [1.807, 2.05) is 0 Å². The van der Waals surface area contributed by atoms with Gasteiger partial charge < -0.3 is 10.2 Å². The fraction of sp³-hybridized carbons (Fsp3) is 0.125. The van der Waals surface area contributed by atoms with E-state index in [4.69, 9.17) is 10.2 Å². The molecule has 6 nitrogen and oxygen atoms in total. The van der Waals surface area contributed by atoms with Crippen LogP contribution in [-0.2, 0) is 0 Å². The van der Waals surface area contributed by atoms with Gasteiger partial charge in [0.1, 0.15) is 11.3 Å². The first-order chi connectivity index (χ1) is 6.43. The Balaban J connectivity index is 3.42. The van der Waals surface area contributed by atoms with Crippen LogP contribution in [0.25, 0.3) is 0 Å². The maximum absolute atomic E-state index is 10.5. The van der Waals surface area contributed by atoms with Gasteiger partial charge in [0.05, 0.1) is 4.92 Å². The maximum Gasteiger partial charge on any atom is 0.339 e. The Labute approximate surface area is 78.6 Å². The molecule has 1 aromatic rings.